The van der Waals surface area contributed by atoms with Gasteiger partial charge in [-0.1, -0.05) is 0 Å². The van der Waals surface area contributed by atoms with Gasteiger partial charge in [-0.25, -0.2) is 4.39 Å². The van der Waals surface area contributed by atoms with E-state index in [1.807, 2.05) is 18.4 Å². The van der Waals surface area contributed by atoms with Gasteiger partial charge in [-0.3, -0.25) is 0 Å². The minimum absolute atomic E-state index is 0.188. The molecular weight excluding hydrogens is 319 g/mol. The number of aromatic amines is 1. The fourth-order valence-electron chi connectivity index (χ4n) is 1.75. The van der Waals surface area contributed by atoms with Crippen molar-refractivity contribution >= 4 is 39.2 Å². The normalized spacial score (nSPS) is 11.6. The molecule has 0 aliphatic heterocycles. The van der Waals surface area contributed by atoms with Gasteiger partial charge in [0, 0.05) is 12.6 Å². The zero-order valence-corrected chi connectivity index (χ0v) is 12.6. The average molecular weight is 333 g/mol. The molecular formula is C12H14BrFN2OS. The number of rotatable bonds is 4. The first-order valence-electron chi connectivity index (χ1n) is 5.68. The Labute approximate surface area is 118 Å². The molecule has 0 spiro atoms. The lowest BCUT2D eigenvalue weighted by Crippen LogP contribution is -2.10. The lowest BCUT2D eigenvalue weighted by Gasteiger charge is -2.08. The molecule has 3 nitrogen and oxygen atoms in total. The number of halogens is 2. The zero-order chi connectivity index (χ0) is 13.3. The van der Waals surface area contributed by atoms with Crippen LogP contribution in [0.1, 0.15) is 13.8 Å². The number of hydrogen-bond acceptors (Lipinski definition) is 2. The molecule has 0 aliphatic rings. The highest BCUT2D eigenvalue weighted by atomic mass is 79.9. The third kappa shape index (κ3) is 2.81. The highest BCUT2D eigenvalue weighted by Crippen LogP contribution is 2.23. The molecule has 1 aromatic carbocycles. The molecule has 0 fully saturated rings. The molecule has 18 heavy (non-hydrogen) atoms. The van der Waals surface area contributed by atoms with Crippen molar-refractivity contribution in [1.82, 2.24) is 9.55 Å². The van der Waals surface area contributed by atoms with E-state index in [1.54, 1.807) is 6.07 Å². The van der Waals surface area contributed by atoms with Gasteiger partial charge in [-0.05, 0) is 48.1 Å². The van der Waals surface area contributed by atoms with E-state index in [-0.39, 0.29) is 11.9 Å². The van der Waals surface area contributed by atoms with Gasteiger partial charge in [0.25, 0.3) is 0 Å². The van der Waals surface area contributed by atoms with Crippen molar-refractivity contribution < 1.29 is 9.13 Å². The van der Waals surface area contributed by atoms with Crippen LogP contribution in [0.4, 0.5) is 4.39 Å². The van der Waals surface area contributed by atoms with E-state index in [9.17, 15) is 4.39 Å². The van der Waals surface area contributed by atoms with Crippen LogP contribution in [0.25, 0.3) is 11.0 Å². The number of nitrogens with zero attached hydrogens (tertiary/aromatic N) is 1. The van der Waals surface area contributed by atoms with Gasteiger partial charge in [-0.15, -0.1) is 0 Å². The summed E-state index contributed by atoms with van der Waals surface area (Å²) in [6.45, 7) is 5.20. The summed E-state index contributed by atoms with van der Waals surface area (Å²) in [4.78, 5) is 2.99. The average Bonchev–Trinajstić information content (AvgIpc) is 2.56. The van der Waals surface area contributed by atoms with Gasteiger partial charge in [0.15, 0.2) is 4.77 Å². The fraction of sp³-hybridized carbons (Fsp3) is 0.417. The predicted molar refractivity (Wildman–Crippen MR) is 75.9 cm³/mol. The van der Waals surface area contributed by atoms with Crippen molar-refractivity contribution in [3.63, 3.8) is 0 Å². The summed E-state index contributed by atoms with van der Waals surface area (Å²) in [5.74, 6) is -0.302. The smallest absolute Gasteiger partial charge is 0.178 e. The van der Waals surface area contributed by atoms with Crippen LogP contribution < -0.4 is 0 Å². The van der Waals surface area contributed by atoms with Crippen molar-refractivity contribution in [3.8, 4) is 0 Å². The number of H-pyrrole nitrogens is 1. The quantitative estimate of drug-likeness (QED) is 0.857. The fourth-order valence-corrected chi connectivity index (χ4v) is 2.38. The van der Waals surface area contributed by atoms with Crippen LogP contribution in [-0.2, 0) is 11.3 Å². The van der Waals surface area contributed by atoms with Gasteiger partial charge < -0.3 is 14.3 Å². The molecule has 0 aliphatic carbocycles. The molecule has 0 amide bonds. The van der Waals surface area contributed by atoms with E-state index in [0.29, 0.717) is 27.9 Å². The highest BCUT2D eigenvalue weighted by Gasteiger charge is 2.08. The second-order valence-corrected chi connectivity index (χ2v) is 5.53. The number of hydrogen-bond donors (Lipinski definition) is 1. The first kappa shape index (κ1) is 13.7. The second kappa shape index (κ2) is 5.50. The molecule has 2 aromatic rings. The molecule has 0 radical (unpaired) electrons. The number of aromatic nitrogens is 2. The summed E-state index contributed by atoms with van der Waals surface area (Å²) in [5, 5.41) is 0. The summed E-state index contributed by atoms with van der Waals surface area (Å²) in [7, 11) is 0. The summed E-state index contributed by atoms with van der Waals surface area (Å²) in [6, 6.07) is 3.17. The van der Waals surface area contributed by atoms with Crippen LogP contribution in [0.5, 0.6) is 0 Å². The largest absolute Gasteiger partial charge is 0.377 e. The second-order valence-electron chi connectivity index (χ2n) is 4.28. The highest BCUT2D eigenvalue weighted by molar-refractivity contribution is 9.10. The summed E-state index contributed by atoms with van der Waals surface area (Å²) in [5.41, 5.74) is 1.57. The standard InChI is InChI=1S/C12H14BrFN2OS/c1-7(2)17-4-3-16-11-5-8(13)9(14)6-10(11)15-12(16)18/h5-7H,3-4H2,1-2H3,(H,15,18). The molecule has 0 saturated carbocycles. The monoisotopic (exact) mass is 332 g/mol. The maximum atomic E-state index is 13.4. The van der Waals surface area contributed by atoms with E-state index in [4.69, 9.17) is 17.0 Å². The van der Waals surface area contributed by atoms with Gasteiger partial charge in [0.2, 0.25) is 0 Å². The third-order valence-electron chi connectivity index (χ3n) is 2.58. The predicted octanol–water partition coefficient (Wildman–Crippen LogP) is 4.03. The topological polar surface area (TPSA) is 29.9 Å². The van der Waals surface area contributed by atoms with Crippen molar-refractivity contribution in [2.24, 2.45) is 0 Å². The maximum absolute atomic E-state index is 13.4. The third-order valence-corrected chi connectivity index (χ3v) is 3.51. The Balaban J connectivity index is 2.35. The molecule has 1 heterocycles. The summed E-state index contributed by atoms with van der Waals surface area (Å²) < 4.78 is 21.8. The Kier molecular flexibility index (Phi) is 4.19. The van der Waals surface area contributed by atoms with Crippen molar-refractivity contribution in [3.05, 3.63) is 27.2 Å². The Morgan fingerprint density at radius 3 is 2.89 bits per heavy atom. The molecule has 6 heteroatoms. The minimum atomic E-state index is -0.302. The lowest BCUT2D eigenvalue weighted by atomic mass is 10.3. The summed E-state index contributed by atoms with van der Waals surface area (Å²) in [6.07, 6.45) is 0.188. The zero-order valence-electron chi connectivity index (χ0n) is 10.2. The van der Waals surface area contributed by atoms with Crippen LogP contribution in [0.15, 0.2) is 16.6 Å². The van der Waals surface area contributed by atoms with Crippen LogP contribution in [0, 0.1) is 10.6 Å². The number of benzene rings is 1. The van der Waals surface area contributed by atoms with Crippen LogP contribution in [0.2, 0.25) is 0 Å². The lowest BCUT2D eigenvalue weighted by molar-refractivity contribution is 0.0731. The van der Waals surface area contributed by atoms with Crippen LogP contribution >= 0.6 is 28.1 Å². The SMILES string of the molecule is CC(C)OCCn1c(=S)[nH]c2cc(F)c(Br)cc21. The van der Waals surface area contributed by atoms with Gasteiger partial charge in [0.05, 0.1) is 28.2 Å². The molecule has 0 bridgehead atoms. The van der Waals surface area contributed by atoms with E-state index in [0.717, 1.165) is 5.52 Å². The van der Waals surface area contributed by atoms with E-state index in [2.05, 4.69) is 20.9 Å². The number of nitrogens with one attached hydrogen (secondary N) is 1. The molecule has 0 unspecified atom stereocenters. The molecule has 1 N–H and O–H groups in total. The Morgan fingerprint density at radius 1 is 1.50 bits per heavy atom. The number of ether oxygens (including phenoxy) is 1. The molecule has 98 valence electrons. The Bertz CT molecular complexity index is 620. The minimum Gasteiger partial charge on any atom is -0.377 e. The number of imidazole rings is 1. The molecule has 0 saturated heterocycles. The van der Waals surface area contributed by atoms with Crippen molar-refractivity contribution in [1.29, 1.82) is 0 Å². The number of fused-ring (bicyclic) bond motifs is 1. The van der Waals surface area contributed by atoms with Gasteiger partial charge >= 0.3 is 0 Å². The van der Waals surface area contributed by atoms with Gasteiger partial charge in [0.1, 0.15) is 5.82 Å². The molecule has 2 rings (SSSR count). The van der Waals surface area contributed by atoms with E-state index >= 15 is 0 Å². The molecule has 1 aromatic heterocycles. The van der Waals surface area contributed by atoms with Gasteiger partial charge in [-0.2, -0.15) is 0 Å². The molecule has 0 atom stereocenters. The Morgan fingerprint density at radius 2 is 2.22 bits per heavy atom. The van der Waals surface area contributed by atoms with E-state index in [1.165, 1.54) is 6.07 Å². The summed E-state index contributed by atoms with van der Waals surface area (Å²) >= 11 is 8.42. The first-order valence-corrected chi connectivity index (χ1v) is 6.88. The van der Waals surface area contributed by atoms with Crippen LogP contribution in [0.3, 0.4) is 0 Å². The Hall–Kier alpha value is -0.720. The van der Waals surface area contributed by atoms with E-state index < -0.39 is 0 Å². The van der Waals surface area contributed by atoms with Crippen LogP contribution in [-0.4, -0.2) is 22.3 Å². The van der Waals surface area contributed by atoms with Crippen molar-refractivity contribution in [2.75, 3.05) is 6.61 Å². The first-order chi connectivity index (χ1) is 8.49. The van der Waals surface area contributed by atoms with Crippen molar-refractivity contribution in [2.45, 2.75) is 26.5 Å². The maximum Gasteiger partial charge on any atom is 0.178 e.